The normalized spacial score (nSPS) is 12.7. The Morgan fingerprint density at radius 2 is 2.00 bits per heavy atom. The molecule has 2 N–H and O–H groups in total. The van der Waals surface area contributed by atoms with Gasteiger partial charge in [0.25, 0.3) is 0 Å². The molecule has 0 fully saturated rings. The molecular weight excluding hydrogens is 266 g/mol. The highest BCUT2D eigenvalue weighted by molar-refractivity contribution is 7.81. The molecule has 0 saturated heterocycles. The lowest BCUT2D eigenvalue weighted by Crippen LogP contribution is -2.23. The van der Waals surface area contributed by atoms with Crippen LogP contribution in [0.15, 0.2) is 25.3 Å². The topological polar surface area (TPSA) is 114 Å². The van der Waals surface area contributed by atoms with Gasteiger partial charge in [-0.15, -0.1) is 6.58 Å². The first-order chi connectivity index (χ1) is 8.45. The first-order valence-corrected chi connectivity index (χ1v) is 6.09. The maximum atomic E-state index is 10.8. The number of esters is 1. The molecule has 0 aromatic carbocycles. The summed E-state index contributed by atoms with van der Waals surface area (Å²) in [6, 6.07) is 0. The van der Waals surface area contributed by atoms with Crippen LogP contribution in [0.1, 0.15) is 0 Å². The first-order valence-electron chi connectivity index (χ1n) is 4.76. The fourth-order valence-corrected chi connectivity index (χ4v) is 1.10. The Morgan fingerprint density at radius 1 is 1.33 bits per heavy atom. The number of carbonyl (C=O) groups excluding carboxylic acids is 1. The molecule has 104 valence electrons. The van der Waals surface area contributed by atoms with Gasteiger partial charge in [-0.1, -0.05) is 12.7 Å². The average molecular weight is 281 g/mol. The zero-order valence-corrected chi connectivity index (χ0v) is 10.4. The van der Waals surface area contributed by atoms with Crippen LogP contribution >= 0.6 is 0 Å². The van der Waals surface area contributed by atoms with E-state index in [1.807, 2.05) is 0 Å². The Labute approximate surface area is 105 Å². The monoisotopic (exact) mass is 281 g/mol. The van der Waals surface area contributed by atoms with Crippen molar-refractivity contribution in [1.82, 2.24) is 0 Å². The summed E-state index contributed by atoms with van der Waals surface area (Å²) in [6.07, 6.45) is 1.82. The van der Waals surface area contributed by atoms with Crippen molar-refractivity contribution in [2.24, 2.45) is 5.90 Å². The van der Waals surface area contributed by atoms with Gasteiger partial charge < -0.3 is 9.47 Å². The molecule has 1 unspecified atom stereocenters. The summed E-state index contributed by atoms with van der Waals surface area (Å²) in [5.41, 5.74) is 0. The molecule has 0 aromatic rings. The third kappa shape index (κ3) is 7.92. The van der Waals surface area contributed by atoms with Crippen molar-refractivity contribution in [2.75, 3.05) is 19.8 Å². The highest BCUT2D eigenvalue weighted by Gasteiger charge is 2.11. The second kappa shape index (κ2) is 8.78. The van der Waals surface area contributed by atoms with E-state index in [1.54, 1.807) is 0 Å². The minimum absolute atomic E-state index is 0.0610. The molecule has 0 amide bonds. The van der Waals surface area contributed by atoms with E-state index < -0.39 is 22.5 Å². The van der Waals surface area contributed by atoms with Crippen molar-refractivity contribution in [3.8, 4) is 0 Å². The zero-order valence-electron chi connectivity index (χ0n) is 9.61. The molecule has 9 heteroatoms. The highest BCUT2D eigenvalue weighted by Crippen LogP contribution is 1.97. The van der Waals surface area contributed by atoms with E-state index in [4.69, 9.17) is 9.47 Å². The second-order valence-corrected chi connectivity index (χ2v) is 4.05. The molecule has 0 radical (unpaired) electrons. The minimum atomic E-state index is -4.18. The van der Waals surface area contributed by atoms with Gasteiger partial charge >= 0.3 is 16.4 Å². The van der Waals surface area contributed by atoms with E-state index in [9.17, 15) is 13.2 Å². The van der Waals surface area contributed by atoms with Crippen LogP contribution in [0.3, 0.4) is 0 Å². The minimum Gasteiger partial charge on any atom is -0.459 e. The third-order valence-electron chi connectivity index (χ3n) is 1.58. The third-order valence-corrected chi connectivity index (χ3v) is 2.27. The summed E-state index contributed by atoms with van der Waals surface area (Å²) in [4.78, 5) is 10.8. The van der Waals surface area contributed by atoms with Gasteiger partial charge in [-0.25, -0.2) is 8.98 Å². The summed E-state index contributed by atoms with van der Waals surface area (Å²) in [7, 11) is -4.18. The maximum absolute atomic E-state index is 10.8. The molecule has 1 atom stereocenters. The highest BCUT2D eigenvalue weighted by atomic mass is 32.3. The average Bonchev–Trinajstić information content (AvgIpc) is 2.37. The first kappa shape index (κ1) is 16.7. The molecule has 8 nitrogen and oxygen atoms in total. The van der Waals surface area contributed by atoms with Crippen LogP contribution in [-0.4, -0.2) is 40.3 Å². The van der Waals surface area contributed by atoms with Crippen LogP contribution in [0, 0.1) is 0 Å². The number of hydrogen-bond acceptors (Lipinski definition) is 8. The molecule has 0 spiro atoms. The molecule has 0 aliphatic rings. The molecule has 0 bridgehead atoms. The van der Waals surface area contributed by atoms with Gasteiger partial charge in [0.15, 0.2) is 0 Å². The Morgan fingerprint density at radius 3 is 2.50 bits per heavy atom. The van der Waals surface area contributed by atoms with Gasteiger partial charge in [0.1, 0.15) is 12.7 Å². The van der Waals surface area contributed by atoms with E-state index in [0.29, 0.717) is 0 Å². The van der Waals surface area contributed by atoms with Gasteiger partial charge in [0, 0.05) is 6.08 Å². The van der Waals surface area contributed by atoms with Crippen molar-refractivity contribution in [1.29, 1.82) is 0 Å². The van der Waals surface area contributed by atoms with Gasteiger partial charge in [-0.05, 0) is 0 Å². The Hall–Kier alpha value is -1.26. The lowest BCUT2D eigenvalue weighted by Gasteiger charge is -2.13. The van der Waals surface area contributed by atoms with Crippen LogP contribution in [0.4, 0.5) is 0 Å². The fraction of sp³-hybridized carbons (Fsp3) is 0.444. The SMILES string of the molecule is C=CC(=O)OCC(C=C)OCCOS(=O)(=O)ON. The van der Waals surface area contributed by atoms with Gasteiger partial charge in [-0.2, -0.15) is 18.6 Å². The molecule has 0 aromatic heterocycles. The molecule has 0 aliphatic heterocycles. The van der Waals surface area contributed by atoms with Gasteiger partial charge in [0.2, 0.25) is 0 Å². The molecule has 0 rings (SSSR count). The van der Waals surface area contributed by atoms with Crippen LogP contribution in [0.25, 0.3) is 0 Å². The maximum Gasteiger partial charge on any atom is 0.415 e. The summed E-state index contributed by atoms with van der Waals surface area (Å²) in [6.45, 7) is 6.25. The smallest absolute Gasteiger partial charge is 0.415 e. The Kier molecular flexibility index (Phi) is 8.16. The van der Waals surface area contributed by atoms with Crippen molar-refractivity contribution < 1.29 is 31.2 Å². The summed E-state index contributed by atoms with van der Waals surface area (Å²) in [5, 5.41) is 0. The summed E-state index contributed by atoms with van der Waals surface area (Å²) >= 11 is 0. The van der Waals surface area contributed by atoms with Gasteiger partial charge in [-0.3, -0.25) is 0 Å². The van der Waals surface area contributed by atoms with Crippen LogP contribution < -0.4 is 5.90 Å². The fourth-order valence-electron chi connectivity index (χ4n) is 0.771. The number of nitrogens with two attached hydrogens (primary N) is 1. The van der Waals surface area contributed by atoms with E-state index in [0.717, 1.165) is 6.08 Å². The van der Waals surface area contributed by atoms with E-state index in [1.165, 1.54) is 6.08 Å². The van der Waals surface area contributed by atoms with Crippen LogP contribution in [-0.2, 0) is 33.1 Å². The van der Waals surface area contributed by atoms with Crippen LogP contribution in [0.5, 0.6) is 0 Å². The van der Waals surface area contributed by atoms with E-state index in [2.05, 4.69) is 27.5 Å². The lowest BCUT2D eigenvalue weighted by molar-refractivity contribution is -0.140. The van der Waals surface area contributed by atoms with Gasteiger partial charge in [0.05, 0.1) is 13.2 Å². The largest absolute Gasteiger partial charge is 0.459 e. The number of ether oxygens (including phenoxy) is 2. The molecular formula is C9H15NO7S. The molecule has 0 heterocycles. The van der Waals surface area contributed by atoms with Crippen molar-refractivity contribution in [3.63, 3.8) is 0 Å². The second-order valence-electron chi connectivity index (χ2n) is 2.81. The summed E-state index contributed by atoms with van der Waals surface area (Å²) < 4.78 is 38.9. The van der Waals surface area contributed by atoms with Crippen molar-refractivity contribution in [2.45, 2.75) is 6.10 Å². The standard InChI is InChI=1S/C9H15NO7S/c1-3-8(7-15-9(11)4-2)14-5-6-16-18(12,13)17-10/h3-4,8H,1-2,5-7,10H2. The van der Waals surface area contributed by atoms with Crippen molar-refractivity contribution >= 4 is 16.4 Å². The Bertz CT molecular complexity index is 378. The van der Waals surface area contributed by atoms with E-state index in [-0.39, 0.29) is 19.8 Å². The number of carbonyl (C=O) groups is 1. The predicted octanol–water partition coefficient (Wildman–Crippen LogP) is -0.561. The molecule has 0 saturated carbocycles. The summed E-state index contributed by atoms with van der Waals surface area (Å²) in [5.74, 6) is 3.84. The lowest BCUT2D eigenvalue weighted by atomic mass is 10.4. The molecule has 18 heavy (non-hydrogen) atoms. The van der Waals surface area contributed by atoms with E-state index >= 15 is 0 Å². The number of hydrogen-bond donors (Lipinski definition) is 1. The van der Waals surface area contributed by atoms with Crippen molar-refractivity contribution in [3.05, 3.63) is 25.3 Å². The quantitative estimate of drug-likeness (QED) is 0.186. The zero-order chi connectivity index (χ0) is 14.0. The van der Waals surface area contributed by atoms with Crippen LogP contribution in [0.2, 0.25) is 0 Å². The Balaban J connectivity index is 3.84. The molecule has 0 aliphatic carbocycles. The number of rotatable bonds is 10. The predicted molar refractivity (Wildman–Crippen MR) is 61.2 cm³/mol.